The predicted octanol–water partition coefficient (Wildman–Crippen LogP) is 4.18. The molecule has 3 heterocycles. The highest BCUT2D eigenvalue weighted by Gasteiger charge is 2.36. The minimum atomic E-state index is -0.833. The molecule has 2 aromatic carbocycles. The zero-order valence-electron chi connectivity index (χ0n) is 19.1. The number of carbonyl (C=O) groups is 1. The van der Waals surface area contributed by atoms with Gasteiger partial charge in [0, 0.05) is 12.5 Å². The van der Waals surface area contributed by atoms with Crippen LogP contribution in [-0.4, -0.2) is 38.0 Å². The van der Waals surface area contributed by atoms with Gasteiger partial charge >= 0.3 is 5.97 Å². The smallest absolute Gasteiger partial charge is 0.310 e. The Morgan fingerprint density at radius 2 is 1.94 bits per heavy atom. The maximum Gasteiger partial charge on any atom is 0.310 e. The fourth-order valence-corrected chi connectivity index (χ4v) is 4.65. The predicted molar refractivity (Wildman–Crippen MR) is 122 cm³/mol. The van der Waals surface area contributed by atoms with Crippen LogP contribution in [0.5, 0.6) is 23.0 Å². The molecule has 2 aliphatic rings. The molecule has 7 heteroatoms. The van der Waals surface area contributed by atoms with Crippen molar-refractivity contribution in [1.29, 1.82) is 0 Å². The number of benzene rings is 2. The Balaban J connectivity index is 1.69. The molecule has 1 unspecified atom stereocenters. The van der Waals surface area contributed by atoms with Gasteiger partial charge in [-0.05, 0) is 41.1 Å². The van der Waals surface area contributed by atoms with Gasteiger partial charge in [-0.25, -0.2) is 0 Å². The van der Waals surface area contributed by atoms with Crippen LogP contribution in [-0.2, 0) is 11.2 Å². The lowest BCUT2D eigenvalue weighted by atomic mass is 9.89. The summed E-state index contributed by atoms with van der Waals surface area (Å²) in [7, 11) is 1.63. The van der Waals surface area contributed by atoms with Crippen LogP contribution in [0.3, 0.4) is 0 Å². The van der Waals surface area contributed by atoms with E-state index in [1.54, 1.807) is 7.11 Å². The SMILES string of the molecule is COc1c(OCC(C)C)ccc2cc3[n+](cc12)C(CC(=O)O)Cc1cc2c(cc1-3)OCCO2. The van der Waals surface area contributed by atoms with Crippen LogP contribution < -0.4 is 23.5 Å². The second-order valence-corrected chi connectivity index (χ2v) is 8.98. The molecule has 2 aliphatic heterocycles. The number of nitrogens with zero attached hydrogens (tertiary/aromatic N) is 1. The van der Waals surface area contributed by atoms with Gasteiger partial charge in [-0.1, -0.05) is 13.8 Å². The van der Waals surface area contributed by atoms with E-state index >= 15 is 0 Å². The number of carboxylic acid groups (broad SMARTS) is 1. The molecule has 1 N–H and O–H groups in total. The van der Waals surface area contributed by atoms with Gasteiger partial charge in [-0.3, -0.25) is 4.79 Å². The fourth-order valence-electron chi connectivity index (χ4n) is 4.65. The van der Waals surface area contributed by atoms with E-state index in [4.69, 9.17) is 18.9 Å². The van der Waals surface area contributed by atoms with Crippen molar-refractivity contribution in [2.24, 2.45) is 5.92 Å². The lowest BCUT2D eigenvalue weighted by Crippen LogP contribution is -2.46. The van der Waals surface area contributed by atoms with Crippen molar-refractivity contribution in [2.75, 3.05) is 26.9 Å². The molecule has 33 heavy (non-hydrogen) atoms. The lowest BCUT2D eigenvalue weighted by molar-refractivity contribution is -0.712. The summed E-state index contributed by atoms with van der Waals surface area (Å²) in [5.41, 5.74) is 3.04. The first kappa shape index (κ1) is 21.4. The third kappa shape index (κ3) is 3.92. The minimum absolute atomic E-state index is 0.0168. The van der Waals surface area contributed by atoms with Crippen molar-refractivity contribution in [3.05, 3.63) is 42.1 Å². The molecule has 0 radical (unpaired) electrons. The van der Waals surface area contributed by atoms with Gasteiger partial charge in [0.05, 0.1) is 24.7 Å². The van der Waals surface area contributed by atoms with Gasteiger partial charge in [0.15, 0.2) is 35.2 Å². The fraction of sp³-hybridized carbons (Fsp3) is 0.385. The maximum absolute atomic E-state index is 11.7. The van der Waals surface area contributed by atoms with E-state index < -0.39 is 5.97 Å². The molecular formula is C26H28NO6+. The number of ether oxygens (including phenoxy) is 4. The van der Waals surface area contributed by atoms with Crippen LogP contribution in [0.25, 0.3) is 22.0 Å². The van der Waals surface area contributed by atoms with Crippen LogP contribution in [0.15, 0.2) is 36.5 Å². The van der Waals surface area contributed by atoms with Gasteiger partial charge < -0.3 is 24.1 Å². The van der Waals surface area contributed by atoms with Crippen LogP contribution >= 0.6 is 0 Å². The molecule has 0 aliphatic carbocycles. The van der Waals surface area contributed by atoms with E-state index in [0.29, 0.717) is 43.7 Å². The standard InChI is InChI=1S/C26H27NO6/c1-15(2)14-33-22-5-4-16-9-21-19-12-24-23(31-6-7-32-24)10-17(19)8-18(11-25(28)29)27(21)13-20(16)26(22)30-3/h4-5,9-10,12-13,15,18H,6-8,11,14H2,1-3H3/p+1. The quantitative estimate of drug-likeness (QED) is 0.568. The summed E-state index contributed by atoms with van der Waals surface area (Å²) in [5.74, 6) is 2.34. The number of pyridine rings is 1. The zero-order chi connectivity index (χ0) is 23.1. The molecule has 1 atom stereocenters. The average Bonchev–Trinajstić information content (AvgIpc) is 2.80. The second-order valence-electron chi connectivity index (χ2n) is 8.98. The summed E-state index contributed by atoms with van der Waals surface area (Å²) in [6.45, 7) is 5.81. The highest BCUT2D eigenvalue weighted by Crippen LogP contribution is 2.42. The van der Waals surface area contributed by atoms with Crippen molar-refractivity contribution in [3.8, 4) is 34.3 Å². The molecule has 0 amide bonds. The van der Waals surface area contributed by atoms with E-state index in [9.17, 15) is 9.90 Å². The molecule has 0 fully saturated rings. The van der Waals surface area contributed by atoms with Gasteiger partial charge in [0.2, 0.25) is 5.69 Å². The lowest BCUT2D eigenvalue weighted by Gasteiger charge is -2.26. The second kappa shape index (κ2) is 8.46. The van der Waals surface area contributed by atoms with Crippen LogP contribution in [0.2, 0.25) is 0 Å². The first-order valence-corrected chi connectivity index (χ1v) is 11.3. The van der Waals surface area contributed by atoms with E-state index in [1.807, 2.05) is 30.5 Å². The number of hydrogen-bond acceptors (Lipinski definition) is 5. The summed E-state index contributed by atoms with van der Waals surface area (Å²) in [4.78, 5) is 11.7. The molecule has 0 saturated heterocycles. The Hall–Kier alpha value is -3.48. The third-order valence-corrected chi connectivity index (χ3v) is 6.11. The maximum atomic E-state index is 11.7. The van der Waals surface area contributed by atoms with E-state index in [-0.39, 0.29) is 12.5 Å². The van der Waals surface area contributed by atoms with Crippen molar-refractivity contribution in [3.63, 3.8) is 0 Å². The highest BCUT2D eigenvalue weighted by atomic mass is 16.6. The Kier molecular flexibility index (Phi) is 5.48. The molecule has 172 valence electrons. The van der Waals surface area contributed by atoms with E-state index in [2.05, 4.69) is 24.5 Å². The first-order valence-electron chi connectivity index (χ1n) is 11.3. The monoisotopic (exact) mass is 450 g/mol. The normalized spacial score (nSPS) is 16.3. The molecule has 0 saturated carbocycles. The number of aliphatic carboxylic acids is 1. The third-order valence-electron chi connectivity index (χ3n) is 6.11. The topological polar surface area (TPSA) is 78.1 Å². The van der Waals surface area contributed by atoms with Crippen LogP contribution in [0.4, 0.5) is 0 Å². The summed E-state index contributed by atoms with van der Waals surface area (Å²) in [5, 5.41) is 11.5. The van der Waals surface area contributed by atoms with Crippen LogP contribution in [0.1, 0.15) is 31.9 Å². The summed E-state index contributed by atoms with van der Waals surface area (Å²) in [6, 6.07) is 9.82. The summed E-state index contributed by atoms with van der Waals surface area (Å²) < 4.78 is 25.4. The molecule has 0 spiro atoms. The first-order chi connectivity index (χ1) is 15.9. The van der Waals surface area contributed by atoms with Crippen molar-refractivity contribution < 1.29 is 33.4 Å². The average molecular weight is 451 g/mol. The molecular weight excluding hydrogens is 422 g/mol. The number of methoxy groups -OCH3 is 1. The Bertz CT molecular complexity index is 1240. The highest BCUT2D eigenvalue weighted by molar-refractivity contribution is 5.91. The Morgan fingerprint density at radius 3 is 2.64 bits per heavy atom. The van der Waals surface area contributed by atoms with Gasteiger partial charge in [0.1, 0.15) is 19.6 Å². The molecule has 0 bridgehead atoms. The molecule has 5 rings (SSSR count). The number of aromatic nitrogens is 1. The molecule has 1 aromatic heterocycles. The van der Waals surface area contributed by atoms with Crippen molar-refractivity contribution in [2.45, 2.75) is 32.7 Å². The number of carboxylic acids is 1. The van der Waals surface area contributed by atoms with Gasteiger partial charge in [-0.15, -0.1) is 0 Å². The van der Waals surface area contributed by atoms with Crippen molar-refractivity contribution in [1.82, 2.24) is 0 Å². The molecule has 7 nitrogen and oxygen atoms in total. The number of rotatable bonds is 6. The number of fused-ring (bicyclic) bond motifs is 5. The minimum Gasteiger partial charge on any atom is -0.492 e. The van der Waals surface area contributed by atoms with Gasteiger partial charge in [-0.2, -0.15) is 4.57 Å². The zero-order valence-corrected chi connectivity index (χ0v) is 19.1. The van der Waals surface area contributed by atoms with Crippen LogP contribution in [0, 0.1) is 5.92 Å². The Morgan fingerprint density at radius 1 is 1.18 bits per heavy atom. The van der Waals surface area contributed by atoms with E-state index in [1.165, 1.54) is 0 Å². The Labute approximate surface area is 192 Å². The summed E-state index contributed by atoms with van der Waals surface area (Å²) >= 11 is 0. The summed E-state index contributed by atoms with van der Waals surface area (Å²) in [6.07, 6.45) is 2.61. The molecule has 3 aromatic rings. The van der Waals surface area contributed by atoms with E-state index in [0.717, 1.165) is 39.1 Å². The van der Waals surface area contributed by atoms with Crippen molar-refractivity contribution >= 4 is 16.7 Å². The number of hydrogen-bond donors (Lipinski definition) is 1. The largest absolute Gasteiger partial charge is 0.492 e. The van der Waals surface area contributed by atoms with Gasteiger partial charge in [0.25, 0.3) is 0 Å².